The van der Waals surface area contributed by atoms with Gasteiger partial charge in [0.25, 0.3) is 0 Å². The number of hydrogen-bond acceptors (Lipinski definition) is 0. The molecule has 1 heteroatoms. The Bertz CT molecular complexity index is 176. The Hall–Kier alpha value is 0.539. The molecule has 0 aliphatic carbocycles. The molecular formula is C15H32Sn. The van der Waals surface area contributed by atoms with Gasteiger partial charge in [-0.1, -0.05) is 0 Å². The molecular weight excluding hydrogens is 299 g/mol. The Morgan fingerprint density at radius 2 is 1.25 bits per heavy atom. The van der Waals surface area contributed by atoms with E-state index in [1.165, 1.54) is 57.8 Å². The van der Waals surface area contributed by atoms with Crippen LogP contribution in [0.4, 0.5) is 0 Å². The second-order valence-corrected chi connectivity index (χ2v) is 20.9. The van der Waals surface area contributed by atoms with Gasteiger partial charge in [-0.05, 0) is 0 Å². The van der Waals surface area contributed by atoms with E-state index in [1.807, 2.05) is 0 Å². The average Bonchev–Trinajstić information content (AvgIpc) is 2.20. The molecule has 0 heterocycles. The monoisotopic (exact) mass is 332 g/mol. The van der Waals surface area contributed by atoms with Crippen molar-refractivity contribution in [2.45, 2.75) is 79.5 Å². The summed E-state index contributed by atoms with van der Waals surface area (Å²) in [4.78, 5) is 7.42. The third-order valence-corrected chi connectivity index (χ3v) is 10.2. The van der Waals surface area contributed by atoms with Crippen molar-refractivity contribution in [3.63, 3.8) is 0 Å². The molecule has 0 aromatic heterocycles. The first kappa shape index (κ1) is 16.5. The zero-order valence-corrected chi connectivity index (χ0v) is 14.9. The maximum atomic E-state index is 4.28. The molecule has 0 aliphatic heterocycles. The maximum absolute atomic E-state index is 4.28. The number of rotatable bonds is 10. The molecule has 0 N–H and O–H groups in total. The average molecular weight is 331 g/mol. The molecule has 96 valence electrons. The molecule has 0 saturated heterocycles. The minimum absolute atomic E-state index is 1.31. The molecule has 0 rings (SSSR count). The van der Waals surface area contributed by atoms with E-state index in [9.17, 15) is 0 Å². The van der Waals surface area contributed by atoms with Crippen LogP contribution in [0, 0.1) is 0 Å². The molecule has 0 aromatic rings. The first-order chi connectivity index (χ1) is 7.48. The van der Waals surface area contributed by atoms with Crippen molar-refractivity contribution < 1.29 is 0 Å². The van der Waals surface area contributed by atoms with Gasteiger partial charge in [-0.15, -0.1) is 0 Å². The van der Waals surface area contributed by atoms with Crippen LogP contribution >= 0.6 is 0 Å². The van der Waals surface area contributed by atoms with Crippen LogP contribution in [0.5, 0.6) is 0 Å². The molecule has 0 nitrogen and oxygen atoms in total. The minimum atomic E-state index is -1.73. The summed E-state index contributed by atoms with van der Waals surface area (Å²) in [5.41, 5.74) is 0. The van der Waals surface area contributed by atoms with Crippen molar-refractivity contribution in [3.8, 4) is 0 Å². The van der Waals surface area contributed by atoms with Crippen LogP contribution in [0.1, 0.15) is 64.7 Å². The van der Waals surface area contributed by atoms with Crippen LogP contribution in [0.15, 0.2) is 10.2 Å². The third-order valence-electron chi connectivity index (χ3n) is 3.39. The van der Waals surface area contributed by atoms with Gasteiger partial charge in [0.2, 0.25) is 0 Å². The van der Waals surface area contributed by atoms with E-state index in [2.05, 4.69) is 28.3 Å². The predicted octanol–water partition coefficient (Wildman–Crippen LogP) is 5.95. The molecule has 16 heavy (non-hydrogen) atoms. The van der Waals surface area contributed by atoms with Gasteiger partial charge in [-0.3, -0.25) is 0 Å². The fourth-order valence-corrected chi connectivity index (χ4v) is 4.49. The van der Waals surface area contributed by atoms with Crippen LogP contribution in [0.2, 0.25) is 14.8 Å². The first-order valence-electron chi connectivity index (χ1n) is 7.16. The molecule has 0 spiro atoms. The summed E-state index contributed by atoms with van der Waals surface area (Å²) >= 11 is -1.73. The third kappa shape index (κ3) is 9.74. The van der Waals surface area contributed by atoms with Crippen molar-refractivity contribution in [1.29, 1.82) is 0 Å². The predicted molar refractivity (Wildman–Crippen MR) is 79.7 cm³/mol. The Balaban J connectivity index is 3.25. The van der Waals surface area contributed by atoms with Gasteiger partial charge in [0.05, 0.1) is 0 Å². The topological polar surface area (TPSA) is 0 Å². The Labute approximate surface area is 108 Å². The second kappa shape index (κ2) is 9.56. The van der Waals surface area contributed by atoms with Gasteiger partial charge < -0.3 is 0 Å². The molecule has 0 aliphatic rings. The molecule has 0 amide bonds. The van der Waals surface area contributed by atoms with Crippen molar-refractivity contribution >= 4 is 18.4 Å². The molecule has 0 saturated carbocycles. The van der Waals surface area contributed by atoms with E-state index in [4.69, 9.17) is 0 Å². The Morgan fingerprint density at radius 3 is 1.69 bits per heavy atom. The van der Waals surface area contributed by atoms with Crippen LogP contribution in [0.25, 0.3) is 0 Å². The fraction of sp³-hybridized carbons (Fsp3) is 0.867. The van der Waals surface area contributed by atoms with Crippen LogP contribution in [-0.4, -0.2) is 18.4 Å². The van der Waals surface area contributed by atoms with Crippen LogP contribution in [-0.2, 0) is 0 Å². The van der Waals surface area contributed by atoms with Gasteiger partial charge in [-0.25, -0.2) is 0 Å². The standard InChI is InChI=1S/C12H23.3CH3.Sn/c1-3-5-7-9-11-12-10-8-6-4-2;;;;/h1,4-12H2,2H3;3*1H3;. The molecule has 0 atom stereocenters. The van der Waals surface area contributed by atoms with Crippen molar-refractivity contribution in [1.82, 2.24) is 0 Å². The van der Waals surface area contributed by atoms with Gasteiger partial charge in [0, 0.05) is 0 Å². The summed E-state index contributed by atoms with van der Waals surface area (Å²) in [6.45, 7) is 6.56. The Kier molecular flexibility index (Phi) is 9.88. The molecule has 0 unspecified atom stereocenters. The zero-order chi connectivity index (χ0) is 12.4. The Morgan fingerprint density at radius 1 is 0.812 bits per heavy atom. The van der Waals surface area contributed by atoms with Crippen molar-refractivity contribution in [3.05, 3.63) is 10.2 Å². The van der Waals surface area contributed by atoms with Crippen molar-refractivity contribution in [2.75, 3.05) is 0 Å². The van der Waals surface area contributed by atoms with Gasteiger partial charge in [-0.2, -0.15) is 0 Å². The summed E-state index contributed by atoms with van der Waals surface area (Å²) in [7, 11) is 0. The van der Waals surface area contributed by atoms with Crippen molar-refractivity contribution in [2.24, 2.45) is 0 Å². The summed E-state index contributed by atoms with van der Waals surface area (Å²) in [5, 5.41) is 0. The number of hydrogen-bond donors (Lipinski definition) is 0. The summed E-state index contributed by atoms with van der Waals surface area (Å²) < 4.78 is 1.63. The molecule has 0 radical (unpaired) electrons. The second-order valence-electron chi connectivity index (χ2n) is 6.08. The molecule has 0 fully saturated rings. The zero-order valence-electron chi connectivity index (χ0n) is 12.1. The van der Waals surface area contributed by atoms with E-state index in [0.717, 1.165) is 0 Å². The fourth-order valence-electron chi connectivity index (χ4n) is 1.85. The van der Waals surface area contributed by atoms with Gasteiger partial charge >= 0.3 is 108 Å². The first-order valence-corrected chi connectivity index (χ1v) is 17.2. The van der Waals surface area contributed by atoms with Gasteiger partial charge in [0.15, 0.2) is 0 Å². The van der Waals surface area contributed by atoms with E-state index in [1.54, 1.807) is 3.59 Å². The van der Waals surface area contributed by atoms with Crippen LogP contribution in [0.3, 0.4) is 0 Å². The molecule has 0 bridgehead atoms. The number of unbranched alkanes of at least 4 members (excludes halogenated alkanes) is 7. The van der Waals surface area contributed by atoms with E-state index >= 15 is 0 Å². The van der Waals surface area contributed by atoms with Crippen LogP contribution < -0.4 is 0 Å². The molecule has 0 aromatic carbocycles. The summed E-state index contributed by atoms with van der Waals surface area (Å²) in [5.74, 6) is 0. The SMILES string of the molecule is C=[C](CCCCCCCCCC)[Sn]([CH3])([CH3])[CH3]. The van der Waals surface area contributed by atoms with E-state index < -0.39 is 18.4 Å². The quantitative estimate of drug-likeness (QED) is 0.343. The van der Waals surface area contributed by atoms with Gasteiger partial charge in [0.1, 0.15) is 0 Å². The summed E-state index contributed by atoms with van der Waals surface area (Å²) in [6, 6.07) is 0. The summed E-state index contributed by atoms with van der Waals surface area (Å²) in [6.07, 6.45) is 12.7. The normalized spacial score (nSPS) is 11.8. The number of allylic oxidation sites excluding steroid dienone is 1. The van der Waals surface area contributed by atoms with E-state index in [-0.39, 0.29) is 0 Å². The van der Waals surface area contributed by atoms with E-state index in [0.29, 0.717) is 0 Å².